The van der Waals surface area contributed by atoms with Gasteiger partial charge in [-0.1, -0.05) is 91.5 Å². The van der Waals surface area contributed by atoms with Crippen molar-refractivity contribution in [3.8, 4) is 0 Å². The van der Waals surface area contributed by atoms with Crippen molar-refractivity contribution in [3.05, 3.63) is 70.2 Å². The summed E-state index contributed by atoms with van der Waals surface area (Å²) in [6.07, 6.45) is 7.15. The first-order valence-corrected chi connectivity index (χ1v) is 13.2. The highest BCUT2D eigenvalue weighted by atomic mass is 79.9. The highest BCUT2D eigenvalue weighted by Gasteiger charge is 2.36. The predicted molar refractivity (Wildman–Crippen MR) is 136 cm³/mol. The van der Waals surface area contributed by atoms with Gasteiger partial charge in [0.25, 0.3) is 0 Å². The minimum absolute atomic E-state index is 0.209. The third kappa shape index (κ3) is 5.63. The number of halogens is 1. The average Bonchev–Trinajstić information content (AvgIpc) is 2.82. The molecule has 2 aromatic rings. The third-order valence-electron chi connectivity index (χ3n) is 7.39. The van der Waals surface area contributed by atoms with Crippen molar-refractivity contribution >= 4 is 21.8 Å². The molecule has 2 fully saturated rings. The van der Waals surface area contributed by atoms with Gasteiger partial charge in [0.05, 0.1) is 6.04 Å². The second-order valence-corrected chi connectivity index (χ2v) is 10.9. The van der Waals surface area contributed by atoms with Gasteiger partial charge in [0.15, 0.2) is 0 Å². The number of piperazine rings is 1. The SMILES string of the molecule is CC(C)[C@H]1CN(C(c2ccccc2)c2ccc(Br)cc2)CCN1C(=O)CC1CCCCC1. The summed E-state index contributed by atoms with van der Waals surface area (Å²) < 4.78 is 1.10. The normalized spacial score (nSPS) is 21.6. The van der Waals surface area contributed by atoms with E-state index in [1.54, 1.807) is 0 Å². The molecule has 0 spiro atoms. The van der Waals surface area contributed by atoms with Crippen molar-refractivity contribution in [2.75, 3.05) is 19.6 Å². The Balaban J connectivity index is 1.54. The van der Waals surface area contributed by atoms with Crippen LogP contribution in [-0.2, 0) is 4.79 Å². The molecule has 0 aromatic heterocycles. The standard InChI is InChI=1S/C28H37BrN2O/c1-21(2)26-20-30(17-18-31(26)27(32)19-22-9-5-3-6-10-22)28(23-11-7-4-8-12-23)24-13-15-25(29)16-14-24/h4,7-8,11-16,21-22,26,28H,3,5-6,9-10,17-20H2,1-2H3/t26-,28?/m1/s1. The van der Waals surface area contributed by atoms with E-state index in [1.165, 1.54) is 43.2 Å². The Labute approximate surface area is 202 Å². The van der Waals surface area contributed by atoms with Gasteiger partial charge in [-0.2, -0.15) is 0 Å². The lowest BCUT2D eigenvalue weighted by Crippen LogP contribution is -2.58. The second-order valence-electron chi connectivity index (χ2n) is 9.97. The molecule has 0 bridgehead atoms. The first-order valence-electron chi connectivity index (χ1n) is 12.4. The zero-order valence-corrected chi connectivity index (χ0v) is 21.1. The van der Waals surface area contributed by atoms with Crippen LogP contribution in [0.1, 0.15) is 69.5 Å². The molecule has 2 aromatic carbocycles. The van der Waals surface area contributed by atoms with Gasteiger partial charge in [0, 0.05) is 36.6 Å². The van der Waals surface area contributed by atoms with E-state index in [-0.39, 0.29) is 12.1 Å². The van der Waals surface area contributed by atoms with Gasteiger partial charge in [-0.05, 0) is 47.9 Å². The molecule has 2 atom stereocenters. The highest BCUT2D eigenvalue weighted by molar-refractivity contribution is 9.10. The molecule has 4 heteroatoms. The van der Waals surface area contributed by atoms with Gasteiger partial charge in [-0.15, -0.1) is 0 Å². The molecule has 0 radical (unpaired) electrons. The zero-order chi connectivity index (χ0) is 22.5. The summed E-state index contributed by atoms with van der Waals surface area (Å²) >= 11 is 3.58. The average molecular weight is 498 g/mol. The molecule has 0 N–H and O–H groups in total. The smallest absolute Gasteiger partial charge is 0.223 e. The Bertz CT molecular complexity index is 861. The molecule has 1 aliphatic carbocycles. The van der Waals surface area contributed by atoms with Gasteiger partial charge >= 0.3 is 0 Å². The summed E-state index contributed by atoms with van der Waals surface area (Å²) in [7, 11) is 0. The quantitative estimate of drug-likeness (QED) is 0.445. The van der Waals surface area contributed by atoms with E-state index in [1.807, 2.05) is 0 Å². The van der Waals surface area contributed by atoms with E-state index in [2.05, 4.69) is 94.2 Å². The molecule has 1 saturated heterocycles. The first kappa shape index (κ1) is 23.5. The van der Waals surface area contributed by atoms with Crippen LogP contribution in [0.25, 0.3) is 0 Å². The first-order chi connectivity index (χ1) is 15.5. The van der Waals surface area contributed by atoms with Crippen molar-refractivity contribution in [3.63, 3.8) is 0 Å². The lowest BCUT2D eigenvalue weighted by Gasteiger charge is -2.46. The number of carbonyl (C=O) groups excluding carboxylic acids is 1. The van der Waals surface area contributed by atoms with Crippen LogP contribution in [0.4, 0.5) is 0 Å². The molecule has 2 aliphatic rings. The van der Waals surface area contributed by atoms with Gasteiger partial charge in [0.2, 0.25) is 5.91 Å². The van der Waals surface area contributed by atoms with Crippen LogP contribution in [0.15, 0.2) is 59.1 Å². The summed E-state index contributed by atoms with van der Waals surface area (Å²) in [4.78, 5) is 18.1. The zero-order valence-electron chi connectivity index (χ0n) is 19.6. The molecular weight excluding hydrogens is 460 g/mol. The van der Waals surface area contributed by atoms with Gasteiger partial charge in [-0.3, -0.25) is 9.69 Å². The maximum absolute atomic E-state index is 13.3. The number of amides is 1. The van der Waals surface area contributed by atoms with E-state index in [0.29, 0.717) is 17.7 Å². The number of carbonyl (C=O) groups is 1. The van der Waals surface area contributed by atoms with E-state index in [9.17, 15) is 4.79 Å². The van der Waals surface area contributed by atoms with Crippen molar-refractivity contribution < 1.29 is 4.79 Å². The fraction of sp³-hybridized carbons (Fsp3) is 0.536. The largest absolute Gasteiger partial charge is 0.337 e. The number of nitrogens with zero attached hydrogens (tertiary/aromatic N) is 2. The fourth-order valence-electron chi connectivity index (χ4n) is 5.60. The van der Waals surface area contributed by atoms with E-state index in [4.69, 9.17) is 0 Å². The Morgan fingerprint density at radius 3 is 2.25 bits per heavy atom. The minimum atomic E-state index is 0.209. The molecule has 1 unspecified atom stereocenters. The van der Waals surface area contributed by atoms with Crippen molar-refractivity contribution in [1.82, 2.24) is 9.80 Å². The maximum atomic E-state index is 13.3. The van der Waals surface area contributed by atoms with Crippen LogP contribution in [0.5, 0.6) is 0 Å². The van der Waals surface area contributed by atoms with Crippen LogP contribution < -0.4 is 0 Å². The van der Waals surface area contributed by atoms with Crippen LogP contribution in [0.2, 0.25) is 0 Å². The Hall–Kier alpha value is -1.65. The number of hydrogen-bond acceptors (Lipinski definition) is 2. The maximum Gasteiger partial charge on any atom is 0.223 e. The summed E-state index contributed by atoms with van der Waals surface area (Å²) in [5.41, 5.74) is 2.63. The summed E-state index contributed by atoms with van der Waals surface area (Å²) in [6.45, 7) is 7.20. The van der Waals surface area contributed by atoms with Crippen LogP contribution in [0.3, 0.4) is 0 Å². The molecule has 3 nitrogen and oxygen atoms in total. The van der Waals surface area contributed by atoms with Gasteiger partial charge in [-0.25, -0.2) is 0 Å². The molecule has 1 heterocycles. The Morgan fingerprint density at radius 1 is 0.938 bits per heavy atom. The molecular formula is C28H37BrN2O. The summed E-state index contributed by atoms with van der Waals surface area (Å²) in [5.74, 6) is 1.42. The van der Waals surface area contributed by atoms with E-state index >= 15 is 0 Å². The third-order valence-corrected chi connectivity index (χ3v) is 7.92. The number of benzene rings is 2. The molecule has 32 heavy (non-hydrogen) atoms. The summed E-state index contributed by atoms with van der Waals surface area (Å²) in [6, 6.07) is 20.0. The second kappa shape index (κ2) is 11.0. The van der Waals surface area contributed by atoms with Gasteiger partial charge in [0.1, 0.15) is 0 Å². The molecule has 1 saturated carbocycles. The number of rotatable bonds is 6. The monoisotopic (exact) mass is 496 g/mol. The molecule has 4 rings (SSSR count). The van der Waals surface area contributed by atoms with E-state index in [0.717, 1.165) is 30.5 Å². The Morgan fingerprint density at radius 2 is 1.59 bits per heavy atom. The van der Waals surface area contributed by atoms with Crippen LogP contribution in [-0.4, -0.2) is 41.4 Å². The molecule has 172 valence electrons. The Kier molecular flexibility index (Phi) is 8.07. The summed E-state index contributed by atoms with van der Waals surface area (Å²) in [5, 5.41) is 0. The van der Waals surface area contributed by atoms with Gasteiger partial charge < -0.3 is 4.90 Å². The van der Waals surface area contributed by atoms with Crippen molar-refractivity contribution in [1.29, 1.82) is 0 Å². The fourth-order valence-corrected chi connectivity index (χ4v) is 5.86. The van der Waals surface area contributed by atoms with Crippen LogP contribution in [0, 0.1) is 11.8 Å². The van der Waals surface area contributed by atoms with Crippen molar-refractivity contribution in [2.24, 2.45) is 11.8 Å². The lowest BCUT2D eigenvalue weighted by atomic mass is 9.86. The van der Waals surface area contributed by atoms with E-state index < -0.39 is 0 Å². The highest BCUT2D eigenvalue weighted by Crippen LogP contribution is 2.34. The molecule has 1 amide bonds. The van der Waals surface area contributed by atoms with Crippen LogP contribution >= 0.6 is 15.9 Å². The topological polar surface area (TPSA) is 23.6 Å². The molecule has 1 aliphatic heterocycles. The minimum Gasteiger partial charge on any atom is -0.337 e. The lowest BCUT2D eigenvalue weighted by molar-refractivity contribution is -0.139. The predicted octanol–water partition coefficient (Wildman–Crippen LogP) is 6.68. The van der Waals surface area contributed by atoms with Crippen molar-refractivity contribution in [2.45, 2.75) is 64.5 Å². The number of hydrogen-bond donors (Lipinski definition) is 0.